The minimum Gasteiger partial charge on any atom is -0.479 e. The van der Waals surface area contributed by atoms with E-state index in [2.05, 4.69) is 15.0 Å². The zero-order chi connectivity index (χ0) is 13.8. The summed E-state index contributed by atoms with van der Waals surface area (Å²) in [6.07, 6.45) is 1.34. The van der Waals surface area contributed by atoms with Crippen LogP contribution in [0.25, 0.3) is 11.2 Å². The maximum Gasteiger partial charge on any atom is 0.242 e. The molecule has 1 N–H and O–H groups in total. The second kappa shape index (κ2) is 6.09. The summed E-state index contributed by atoms with van der Waals surface area (Å²) in [4.78, 5) is 11.3. The summed E-state index contributed by atoms with van der Waals surface area (Å²) in [5.74, 6) is 0.468. The van der Waals surface area contributed by atoms with Gasteiger partial charge in [0.15, 0.2) is 10.4 Å². The van der Waals surface area contributed by atoms with E-state index in [1.54, 1.807) is 21.3 Å². The Kier molecular flexibility index (Phi) is 4.46. The first-order valence-electron chi connectivity index (χ1n) is 5.70. The third-order valence-corrected chi connectivity index (χ3v) is 3.11. The van der Waals surface area contributed by atoms with Gasteiger partial charge in [-0.1, -0.05) is 0 Å². The quantitative estimate of drug-likeness (QED) is 0.802. The third kappa shape index (κ3) is 2.75. The molecular formula is C11H16N4O3S. The van der Waals surface area contributed by atoms with Crippen LogP contribution in [0, 0.1) is 4.77 Å². The Hall–Kier alpha value is -1.51. The molecule has 2 heterocycles. The van der Waals surface area contributed by atoms with Crippen LogP contribution in [0.1, 0.15) is 0 Å². The van der Waals surface area contributed by atoms with Gasteiger partial charge in [-0.2, -0.15) is 4.98 Å². The molecule has 1 atom stereocenters. The first-order valence-corrected chi connectivity index (χ1v) is 6.11. The van der Waals surface area contributed by atoms with Crippen LogP contribution in [0.4, 0.5) is 0 Å². The normalized spacial score (nSPS) is 12.8. The molecule has 0 fully saturated rings. The lowest BCUT2D eigenvalue weighted by atomic mass is 10.3. The molecule has 0 aliphatic heterocycles. The van der Waals surface area contributed by atoms with Crippen LogP contribution in [0.15, 0.2) is 6.33 Å². The van der Waals surface area contributed by atoms with Gasteiger partial charge in [0.1, 0.15) is 11.8 Å². The van der Waals surface area contributed by atoms with Crippen LogP contribution < -0.4 is 4.74 Å². The smallest absolute Gasteiger partial charge is 0.242 e. The number of aromatic nitrogens is 4. The van der Waals surface area contributed by atoms with E-state index in [0.717, 1.165) is 0 Å². The minimum absolute atomic E-state index is 0.100. The van der Waals surface area contributed by atoms with E-state index in [4.69, 9.17) is 26.4 Å². The van der Waals surface area contributed by atoms with E-state index in [1.165, 1.54) is 6.33 Å². The van der Waals surface area contributed by atoms with Crippen molar-refractivity contribution in [1.29, 1.82) is 0 Å². The molecule has 2 aromatic rings. The standard InChI is InChI=1S/C11H16N4O3S/c1-16-5-7(17-2)4-15-9-8(14-11(15)19)10(18-3)13-6-12-9/h6-7H,4-5H2,1-3H3,(H,14,19). The summed E-state index contributed by atoms with van der Waals surface area (Å²) in [5, 5.41) is 0. The zero-order valence-electron chi connectivity index (χ0n) is 11.0. The van der Waals surface area contributed by atoms with Crippen molar-refractivity contribution in [2.75, 3.05) is 27.9 Å². The van der Waals surface area contributed by atoms with Crippen LogP contribution in [-0.2, 0) is 16.0 Å². The van der Waals surface area contributed by atoms with Crippen molar-refractivity contribution in [3.63, 3.8) is 0 Å². The molecule has 0 amide bonds. The molecule has 7 nitrogen and oxygen atoms in total. The highest BCUT2D eigenvalue weighted by Crippen LogP contribution is 2.20. The van der Waals surface area contributed by atoms with Gasteiger partial charge in [-0.15, -0.1) is 0 Å². The number of aromatic amines is 1. The first-order chi connectivity index (χ1) is 9.21. The summed E-state index contributed by atoms with van der Waals surface area (Å²) in [7, 11) is 4.82. The summed E-state index contributed by atoms with van der Waals surface area (Å²) >= 11 is 5.30. The van der Waals surface area contributed by atoms with Gasteiger partial charge in [-0.05, 0) is 12.2 Å². The van der Waals surface area contributed by atoms with E-state index < -0.39 is 0 Å². The van der Waals surface area contributed by atoms with Crippen molar-refractivity contribution in [2.24, 2.45) is 0 Å². The van der Waals surface area contributed by atoms with Gasteiger partial charge in [-0.25, -0.2) is 4.98 Å². The number of imidazole rings is 1. The lowest BCUT2D eigenvalue weighted by Gasteiger charge is -2.15. The number of nitrogens with zero attached hydrogens (tertiary/aromatic N) is 3. The minimum atomic E-state index is -0.100. The van der Waals surface area contributed by atoms with E-state index in [-0.39, 0.29) is 6.10 Å². The number of hydrogen-bond acceptors (Lipinski definition) is 6. The molecule has 1 unspecified atom stereocenters. The maximum atomic E-state index is 5.34. The molecule has 0 aliphatic carbocycles. The van der Waals surface area contributed by atoms with Gasteiger partial charge in [0.05, 0.1) is 26.4 Å². The molecule has 0 aromatic carbocycles. The van der Waals surface area contributed by atoms with Gasteiger partial charge >= 0.3 is 0 Å². The second-order valence-electron chi connectivity index (χ2n) is 3.94. The lowest BCUT2D eigenvalue weighted by Crippen LogP contribution is -2.24. The summed E-state index contributed by atoms with van der Waals surface area (Å²) in [6.45, 7) is 1.02. The fraction of sp³-hybridized carbons (Fsp3) is 0.545. The number of H-pyrrole nitrogens is 1. The predicted molar refractivity (Wildman–Crippen MR) is 71.9 cm³/mol. The van der Waals surface area contributed by atoms with Crippen LogP contribution in [0.3, 0.4) is 0 Å². The molecule has 0 aliphatic rings. The number of methoxy groups -OCH3 is 3. The molecule has 19 heavy (non-hydrogen) atoms. The fourth-order valence-corrected chi connectivity index (χ4v) is 2.12. The van der Waals surface area contributed by atoms with Crippen molar-refractivity contribution in [3.05, 3.63) is 11.1 Å². The van der Waals surface area contributed by atoms with E-state index in [1.807, 2.05) is 4.57 Å². The van der Waals surface area contributed by atoms with E-state index in [0.29, 0.717) is 35.0 Å². The summed E-state index contributed by atoms with van der Waals surface area (Å²) in [5.41, 5.74) is 1.37. The van der Waals surface area contributed by atoms with Crippen molar-refractivity contribution < 1.29 is 14.2 Å². The van der Waals surface area contributed by atoms with E-state index in [9.17, 15) is 0 Å². The molecular weight excluding hydrogens is 268 g/mol. The first kappa shape index (κ1) is 13.9. The molecule has 2 aromatic heterocycles. The number of ether oxygens (including phenoxy) is 3. The Morgan fingerprint density at radius 2 is 2.16 bits per heavy atom. The molecule has 2 rings (SSSR count). The van der Waals surface area contributed by atoms with Crippen molar-refractivity contribution >= 4 is 23.4 Å². The molecule has 0 bridgehead atoms. The van der Waals surface area contributed by atoms with Crippen LogP contribution >= 0.6 is 12.2 Å². The maximum absolute atomic E-state index is 5.34. The van der Waals surface area contributed by atoms with Gasteiger partial charge in [-0.3, -0.25) is 4.57 Å². The number of rotatable bonds is 6. The molecule has 0 saturated carbocycles. The monoisotopic (exact) mass is 284 g/mol. The van der Waals surface area contributed by atoms with Crippen molar-refractivity contribution in [2.45, 2.75) is 12.6 Å². The summed E-state index contributed by atoms with van der Waals surface area (Å²) < 4.78 is 18.0. The molecule has 8 heteroatoms. The Morgan fingerprint density at radius 3 is 2.79 bits per heavy atom. The zero-order valence-corrected chi connectivity index (χ0v) is 11.9. The highest BCUT2D eigenvalue weighted by Gasteiger charge is 2.15. The van der Waals surface area contributed by atoms with Crippen LogP contribution in [0.5, 0.6) is 5.88 Å². The SMILES string of the molecule is COCC(Cn1c(=S)[nH]c2c(OC)ncnc21)OC. The van der Waals surface area contributed by atoms with Gasteiger partial charge < -0.3 is 19.2 Å². The van der Waals surface area contributed by atoms with Crippen LogP contribution in [0.2, 0.25) is 0 Å². The number of nitrogens with one attached hydrogen (secondary N) is 1. The highest BCUT2D eigenvalue weighted by atomic mass is 32.1. The van der Waals surface area contributed by atoms with Gasteiger partial charge in [0.2, 0.25) is 5.88 Å². The van der Waals surface area contributed by atoms with E-state index >= 15 is 0 Å². The number of fused-ring (bicyclic) bond motifs is 1. The Morgan fingerprint density at radius 1 is 1.37 bits per heavy atom. The lowest BCUT2D eigenvalue weighted by molar-refractivity contribution is 0.0187. The predicted octanol–water partition coefficient (Wildman–Crippen LogP) is 1.16. The fourth-order valence-electron chi connectivity index (χ4n) is 1.85. The van der Waals surface area contributed by atoms with Gasteiger partial charge in [0, 0.05) is 14.2 Å². The molecule has 104 valence electrons. The largest absolute Gasteiger partial charge is 0.479 e. The highest BCUT2D eigenvalue weighted by molar-refractivity contribution is 7.71. The van der Waals surface area contributed by atoms with Crippen molar-refractivity contribution in [3.8, 4) is 5.88 Å². The molecule has 0 spiro atoms. The van der Waals surface area contributed by atoms with Gasteiger partial charge in [0.25, 0.3) is 0 Å². The topological polar surface area (TPSA) is 74.2 Å². The Labute approximate surface area is 115 Å². The number of hydrogen-bond donors (Lipinski definition) is 1. The average Bonchev–Trinajstić information content (AvgIpc) is 2.74. The molecule has 0 saturated heterocycles. The molecule has 0 radical (unpaired) electrons. The average molecular weight is 284 g/mol. The Balaban J connectivity index is 2.43. The summed E-state index contributed by atoms with van der Waals surface area (Å²) in [6, 6.07) is 0. The third-order valence-electron chi connectivity index (χ3n) is 2.79. The second-order valence-corrected chi connectivity index (χ2v) is 4.32. The Bertz CT molecular complexity index is 609. The van der Waals surface area contributed by atoms with Crippen LogP contribution in [-0.4, -0.2) is 53.6 Å². The van der Waals surface area contributed by atoms with Crippen molar-refractivity contribution in [1.82, 2.24) is 19.5 Å².